The molecule has 5 heteroatoms. The number of phenols is 3. The van der Waals surface area contributed by atoms with E-state index in [1.165, 1.54) is 24.3 Å². The molecule has 0 aliphatic rings. The zero-order valence-electron chi connectivity index (χ0n) is 10.7. The molecule has 0 unspecified atom stereocenters. The van der Waals surface area contributed by atoms with Crippen LogP contribution in [0.15, 0.2) is 42.5 Å². The van der Waals surface area contributed by atoms with Crippen molar-refractivity contribution in [1.29, 1.82) is 0 Å². The maximum absolute atomic E-state index is 11.8. The molecule has 0 heterocycles. The zero-order valence-corrected chi connectivity index (χ0v) is 10.7. The lowest BCUT2D eigenvalue weighted by Crippen LogP contribution is -2.25. The Bertz CT molecular complexity index is 625. The Morgan fingerprint density at radius 2 is 1.80 bits per heavy atom. The number of nitrogens with one attached hydrogen (secondary N) is 1. The summed E-state index contributed by atoms with van der Waals surface area (Å²) in [6.45, 7) is 0.388. The first-order valence-corrected chi connectivity index (χ1v) is 6.14. The fraction of sp³-hybridized carbons (Fsp3) is 0.133. The lowest BCUT2D eigenvalue weighted by molar-refractivity contribution is 0.0953. The van der Waals surface area contributed by atoms with E-state index in [1.54, 1.807) is 18.2 Å². The van der Waals surface area contributed by atoms with Crippen LogP contribution in [0.3, 0.4) is 0 Å². The number of amides is 1. The van der Waals surface area contributed by atoms with Crippen molar-refractivity contribution in [2.45, 2.75) is 6.42 Å². The molecule has 0 aliphatic carbocycles. The van der Waals surface area contributed by atoms with E-state index in [4.69, 9.17) is 0 Å². The lowest BCUT2D eigenvalue weighted by atomic mass is 10.1. The summed E-state index contributed by atoms with van der Waals surface area (Å²) in [6.07, 6.45) is 0.526. The van der Waals surface area contributed by atoms with Crippen LogP contribution < -0.4 is 5.32 Å². The second-order valence-corrected chi connectivity index (χ2v) is 4.38. The van der Waals surface area contributed by atoms with Crippen molar-refractivity contribution >= 4 is 5.91 Å². The SMILES string of the molecule is O=C(NCCc1ccc(O)c(O)c1)c1cccc(O)c1. The monoisotopic (exact) mass is 273 g/mol. The predicted molar refractivity (Wildman–Crippen MR) is 73.9 cm³/mol. The minimum Gasteiger partial charge on any atom is -0.508 e. The van der Waals surface area contributed by atoms with Gasteiger partial charge in [-0.1, -0.05) is 12.1 Å². The van der Waals surface area contributed by atoms with Crippen LogP contribution in [0.25, 0.3) is 0 Å². The van der Waals surface area contributed by atoms with Gasteiger partial charge in [0.2, 0.25) is 0 Å². The van der Waals surface area contributed by atoms with Gasteiger partial charge < -0.3 is 20.6 Å². The summed E-state index contributed by atoms with van der Waals surface area (Å²) in [5, 5.41) is 30.5. The van der Waals surface area contributed by atoms with Crippen LogP contribution >= 0.6 is 0 Å². The third-order valence-corrected chi connectivity index (χ3v) is 2.85. The predicted octanol–water partition coefficient (Wildman–Crippen LogP) is 1.78. The normalized spacial score (nSPS) is 10.2. The molecule has 20 heavy (non-hydrogen) atoms. The highest BCUT2D eigenvalue weighted by atomic mass is 16.3. The van der Waals surface area contributed by atoms with Crippen LogP contribution in [-0.2, 0) is 6.42 Å². The molecule has 0 aliphatic heterocycles. The molecule has 2 rings (SSSR count). The number of benzene rings is 2. The maximum Gasteiger partial charge on any atom is 0.251 e. The first kappa shape index (κ1) is 13.7. The van der Waals surface area contributed by atoms with Crippen molar-refractivity contribution in [2.75, 3.05) is 6.54 Å². The fourth-order valence-corrected chi connectivity index (χ4v) is 1.79. The van der Waals surface area contributed by atoms with E-state index in [1.807, 2.05) is 0 Å². The van der Waals surface area contributed by atoms with Crippen LogP contribution in [0.5, 0.6) is 17.2 Å². The highest BCUT2D eigenvalue weighted by Gasteiger charge is 2.06. The third-order valence-electron chi connectivity index (χ3n) is 2.85. The Balaban J connectivity index is 1.89. The van der Waals surface area contributed by atoms with E-state index in [0.29, 0.717) is 18.5 Å². The summed E-state index contributed by atoms with van der Waals surface area (Å²) in [5.74, 6) is -0.579. The summed E-state index contributed by atoms with van der Waals surface area (Å²) < 4.78 is 0. The van der Waals surface area contributed by atoms with Gasteiger partial charge in [0.15, 0.2) is 11.5 Å². The van der Waals surface area contributed by atoms with Crippen molar-refractivity contribution in [3.05, 3.63) is 53.6 Å². The van der Waals surface area contributed by atoms with Crippen LogP contribution in [-0.4, -0.2) is 27.8 Å². The minimum absolute atomic E-state index is 0.0427. The molecule has 0 fully saturated rings. The second-order valence-electron chi connectivity index (χ2n) is 4.38. The van der Waals surface area contributed by atoms with Gasteiger partial charge in [-0.15, -0.1) is 0 Å². The van der Waals surface area contributed by atoms with E-state index in [2.05, 4.69) is 5.32 Å². The van der Waals surface area contributed by atoms with Crippen LogP contribution in [0.2, 0.25) is 0 Å². The molecule has 2 aromatic rings. The number of carbonyl (C=O) groups excluding carboxylic acids is 1. The molecule has 0 spiro atoms. The van der Waals surface area contributed by atoms with Gasteiger partial charge in [0.25, 0.3) is 5.91 Å². The smallest absolute Gasteiger partial charge is 0.251 e. The van der Waals surface area contributed by atoms with Crippen molar-refractivity contribution < 1.29 is 20.1 Å². The van der Waals surface area contributed by atoms with Gasteiger partial charge in [-0.05, 0) is 42.3 Å². The molecular formula is C15H15NO4. The van der Waals surface area contributed by atoms with Crippen molar-refractivity contribution in [2.24, 2.45) is 0 Å². The average Bonchev–Trinajstić information content (AvgIpc) is 2.42. The average molecular weight is 273 g/mol. The third kappa shape index (κ3) is 3.41. The zero-order chi connectivity index (χ0) is 14.5. The lowest BCUT2D eigenvalue weighted by Gasteiger charge is -2.06. The van der Waals surface area contributed by atoms with Gasteiger partial charge in [0.05, 0.1) is 0 Å². The van der Waals surface area contributed by atoms with Gasteiger partial charge in [0.1, 0.15) is 5.75 Å². The van der Waals surface area contributed by atoms with Crippen molar-refractivity contribution in [3.63, 3.8) is 0 Å². The van der Waals surface area contributed by atoms with E-state index < -0.39 is 0 Å². The molecule has 104 valence electrons. The molecule has 0 radical (unpaired) electrons. The van der Waals surface area contributed by atoms with Gasteiger partial charge >= 0.3 is 0 Å². The maximum atomic E-state index is 11.8. The molecule has 1 amide bonds. The molecule has 0 atom stereocenters. The van der Waals surface area contributed by atoms with E-state index >= 15 is 0 Å². The molecule has 4 N–H and O–H groups in total. The number of aromatic hydroxyl groups is 3. The Hall–Kier alpha value is -2.69. The van der Waals surface area contributed by atoms with E-state index in [9.17, 15) is 20.1 Å². The highest BCUT2D eigenvalue weighted by molar-refractivity contribution is 5.94. The van der Waals surface area contributed by atoms with Gasteiger partial charge in [-0.2, -0.15) is 0 Å². The largest absolute Gasteiger partial charge is 0.508 e. The summed E-state index contributed by atoms with van der Waals surface area (Å²) in [5.41, 5.74) is 1.19. The number of hydrogen-bond donors (Lipinski definition) is 4. The number of phenolic OH excluding ortho intramolecular Hbond substituents is 3. The highest BCUT2D eigenvalue weighted by Crippen LogP contribution is 2.24. The van der Waals surface area contributed by atoms with Gasteiger partial charge in [-0.3, -0.25) is 4.79 Å². The Kier molecular flexibility index (Phi) is 4.10. The molecule has 5 nitrogen and oxygen atoms in total. The van der Waals surface area contributed by atoms with Gasteiger partial charge in [-0.25, -0.2) is 0 Å². The second kappa shape index (κ2) is 5.97. The summed E-state index contributed by atoms with van der Waals surface area (Å²) in [6, 6.07) is 10.6. The van der Waals surface area contributed by atoms with Crippen LogP contribution in [0.1, 0.15) is 15.9 Å². The Morgan fingerprint density at radius 1 is 1.00 bits per heavy atom. The minimum atomic E-state index is -0.274. The van der Waals surface area contributed by atoms with E-state index in [0.717, 1.165) is 5.56 Å². The Labute approximate surface area is 116 Å². The molecule has 2 aromatic carbocycles. The van der Waals surface area contributed by atoms with Crippen LogP contribution in [0.4, 0.5) is 0 Å². The van der Waals surface area contributed by atoms with Gasteiger partial charge in [0, 0.05) is 12.1 Å². The quantitative estimate of drug-likeness (QED) is 0.639. The fourth-order valence-electron chi connectivity index (χ4n) is 1.79. The standard InChI is InChI=1S/C15H15NO4/c17-12-3-1-2-11(9-12)15(20)16-7-6-10-4-5-13(18)14(19)8-10/h1-5,8-9,17-19H,6-7H2,(H,16,20). The van der Waals surface area contributed by atoms with Crippen molar-refractivity contribution in [3.8, 4) is 17.2 Å². The first-order valence-electron chi connectivity index (χ1n) is 6.14. The number of carbonyl (C=O) groups is 1. The first-order chi connectivity index (χ1) is 9.56. The molecular weight excluding hydrogens is 258 g/mol. The number of hydrogen-bond acceptors (Lipinski definition) is 4. The molecule has 0 saturated carbocycles. The molecule has 0 aromatic heterocycles. The molecule has 0 saturated heterocycles. The summed E-state index contributed by atoms with van der Waals surface area (Å²) >= 11 is 0. The Morgan fingerprint density at radius 3 is 2.50 bits per heavy atom. The number of rotatable bonds is 4. The summed E-state index contributed by atoms with van der Waals surface area (Å²) in [4.78, 5) is 11.8. The van der Waals surface area contributed by atoms with Crippen molar-refractivity contribution in [1.82, 2.24) is 5.32 Å². The summed E-state index contributed by atoms with van der Waals surface area (Å²) in [7, 11) is 0. The molecule has 0 bridgehead atoms. The topological polar surface area (TPSA) is 89.8 Å². The van der Waals surface area contributed by atoms with Crippen LogP contribution in [0, 0.1) is 0 Å². The van der Waals surface area contributed by atoms with E-state index in [-0.39, 0.29) is 23.2 Å².